The fourth-order valence-corrected chi connectivity index (χ4v) is 3.06. The van der Waals surface area contributed by atoms with Gasteiger partial charge in [0.05, 0.1) is 11.4 Å². The topological polar surface area (TPSA) is 70.7 Å². The summed E-state index contributed by atoms with van der Waals surface area (Å²) in [6.07, 6.45) is 8.36. The number of carbonyl (C=O) groups is 1. The number of pyridine rings is 1. The first-order chi connectivity index (χ1) is 10.3. The van der Waals surface area contributed by atoms with Crippen molar-refractivity contribution in [3.05, 3.63) is 41.0 Å². The van der Waals surface area contributed by atoms with Gasteiger partial charge in [-0.15, -0.1) is 0 Å². The Bertz CT molecular complexity index is 687. The molecule has 2 heterocycles. The van der Waals surface area contributed by atoms with Crippen molar-refractivity contribution >= 4 is 11.6 Å². The monoisotopic (exact) mass is 282 g/mol. The summed E-state index contributed by atoms with van der Waals surface area (Å²) in [5.41, 5.74) is 4.61. The molecule has 108 valence electrons. The largest absolute Gasteiger partial charge is 0.319 e. The Labute approximate surface area is 123 Å². The third-order valence-corrected chi connectivity index (χ3v) is 4.32. The van der Waals surface area contributed by atoms with E-state index in [0.717, 1.165) is 54.7 Å². The van der Waals surface area contributed by atoms with Gasteiger partial charge < -0.3 is 5.32 Å². The maximum atomic E-state index is 12.5. The molecule has 2 aliphatic rings. The summed E-state index contributed by atoms with van der Waals surface area (Å²) in [4.78, 5) is 16.9. The molecule has 21 heavy (non-hydrogen) atoms. The number of hydrogen-bond donors (Lipinski definition) is 2. The van der Waals surface area contributed by atoms with Gasteiger partial charge in [-0.2, -0.15) is 5.10 Å². The molecule has 0 spiro atoms. The zero-order valence-electron chi connectivity index (χ0n) is 11.9. The first-order valence-corrected chi connectivity index (χ1v) is 7.65. The zero-order valence-corrected chi connectivity index (χ0v) is 11.9. The summed E-state index contributed by atoms with van der Waals surface area (Å²) in [6.45, 7) is 0. The molecule has 5 nitrogen and oxygen atoms in total. The van der Waals surface area contributed by atoms with E-state index < -0.39 is 0 Å². The Morgan fingerprint density at radius 2 is 2.14 bits per heavy atom. The Hall–Kier alpha value is -2.17. The van der Waals surface area contributed by atoms with Crippen molar-refractivity contribution in [2.75, 3.05) is 5.32 Å². The Morgan fingerprint density at radius 1 is 1.29 bits per heavy atom. The van der Waals surface area contributed by atoms with Crippen LogP contribution in [0.2, 0.25) is 0 Å². The van der Waals surface area contributed by atoms with E-state index in [9.17, 15) is 4.79 Å². The lowest BCUT2D eigenvalue weighted by molar-refractivity contribution is 0.102. The molecule has 0 atom stereocenters. The van der Waals surface area contributed by atoms with Crippen molar-refractivity contribution in [1.29, 1.82) is 0 Å². The smallest absolute Gasteiger partial charge is 0.276 e. The molecular weight excluding hydrogens is 264 g/mol. The quantitative estimate of drug-likeness (QED) is 0.909. The van der Waals surface area contributed by atoms with Gasteiger partial charge in [0.1, 0.15) is 0 Å². The van der Waals surface area contributed by atoms with Gasteiger partial charge in [0.15, 0.2) is 5.69 Å². The van der Waals surface area contributed by atoms with E-state index in [2.05, 4.69) is 20.5 Å². The third kappa shape index (κ3) is 2.33. The molecule has 0 aliphatic heterocycles. The van der Waals surface area contributed by atoms with Crippen molar-refractivity contribution in [2.24, 2.45) is 0 Å². The summed E-state index contributed by atoms with van der Waals surface area (Å²) in [6, 6.07) is 3.79. The van der Waals surface area contributed by atoms with E-state index >= 15 is 0 Å². The third-order valence-electron chi connectivity index (χ3n) is 4.32. The number of fused-ring (bicyclic) bond motifs is 1. The lowest BCUT2D eigenvalue weighted by Crippen LogP contribution is -2.17. The SMILES string of the molecule is O=C(Nc1cccnc1C1CC1)c1n[nH]c2c1CCCC2. The van der Waals surface area contributed by atoms with E-state index in [1.54, 1.807) is 6.20 Å². The maximum Gasteiger partial charge on any atom is 0.276 e. The molecule has 2 N–H and O–H groups in total. The fraction of sp³-hybridized carbons (Fsp3) is 0.438. The molecule has 0 bridgehead atoms. The number of aromatic amines is 1. The van der Waals surface area contributed by atoms with Crippen molar-refractivity contribution < 1.29 is 4.79 Å². The average Bonchev–Trinajstić information content (AvgIpc) is 3.26. The lowest BCUT2D eigenvalue weighted by Gasteiger charge is -2.12. The van der Waals surface area contributed by atoms with E-state index in [0.29, 0.717) is 11.6 Å². The predicted molar refractivity (Wildman–Crippen MR) is 79.4 cm³/mol. The highest BCUT2D eigenvalue weighted by Gasteiger charge is 2.29. The van der Waals surface area contributed by atoms with Crippen LogP contribution >= 0.6 is 0 Å². The van der Waals surface area contributed by atoms with Crippen LogP contribution in [0.25, 0.3) is 0 Å². The summed E-state index contributed by atoms with van der Waals surface area (Å²) in [7, 11) is 0. The summed E-state index contributed by atoms with van der Waals surface area (Å²) in [5, 5.41) is 10.2. The number of hydrogen-bond acceptors (Lipinski definition) is 3. The molecule has 0 unspecified atom stereocenters. The first kappa shape index (κ1) is 12.6. The average molecular weight is 282 g/mol. The molecular formula is C16H18N4O. The Balaban J connectivity index is 1.60. The number of nitrogens with one attached hydrogen (secondary N) is 2. The minimum atomic E-state index is -0.121. The van der Waals surface area contributed by atoms with Crippen molar-refractivity contribution in [3.8, 4) is 0 Å². The highest BCUT2D eigenvalue weighted by atomic mass is 16.2. The molecule has 4 rings (SSSR count). The van der Waals surface area contributed by atoms with Crippen LogP contribution in [-0.2, 0) is 12.8 Å². The van der Waals surface area contributed by atoms with Gasteiger partial charge in [-0.25, -0.2) is 0 Å². The molecule has 2 aromatic heterocycles. The number of amides is 1. The van der Waals surface area contributed by atoms with Crippen LogP contribution in [0.5, 0.6) is 0 Å². The molecule has 0 saturated heterocycles. The van der Waals surface area contributed by atoms with Gasteiger partial charge in [-0.3, -0.25) is 14.9 Å². The molecule has 5 heteroatoms. The Morgan fingerprint density at radius 3 is 3.00 bits per heavy atom. The van der Waals surface area contributed by atoms with E-state index in [-0.39, 0.29) is 5.91 Å². The second-order valence-electron chi connectivity index (χ2n) is 5.90. The van der Waals surface area contributed by atoms with Gasteiger partial charge >= 0.3 is 0 Å². The minimum absolute atomic E-state index is 0.121. The number of carbonyl (C=O) groups excluding carboxylic acids is 1. The van der Waals surface area contributed by atoms with Gasteiger partial charge in [0, 0.05) is 23.4 Å². The highest BCUT2D eigenvalue weighted by Crippen LogP contribution is 2.42. The zero-order chi connectivity index (χ0) is 14.2. The number of rotatable bonds is 3. The molecule has 1 fully saturated rings. The summed E-state index contributed by atoms with van der Waals surface area (Å²) in [5.74, 6) is 0.388. The van der Waals surface area contributed by atoms with Crippen LogP contribution in [-0.4, -0.2) is 21.1 Å². The molecule has 2 aliphatic carbocycles. The predicted octanol–water partition coefficient (Wildman–Crippen LogP) is 2.81. The first-order valence-electron chi connectivity index (χ1n) is 7.65. The van der Waals surface area contributed by atoms with Crippen LogP contribution in [0, 0.1) is 0 Å². The van der Waals surface area contributed by atoms with Crippen molar-refractivity contribution in [1.82, 2.24) is 15.2 Å². The number of H-pyrrole nitrogens is 1. The van der Waals surface area contributed by atoms with Gasteiger partial charge in [0.25, 0.3) is 5.91 Å². The van der Waals surface area contributed by atoms with Gasteiger partial charge in [-0.05, 0) is 50.7 Å². The molecule has 0 aromatic carbocycles. The number of anilines is 1. The number of aryl methyl sites for hydroxylation is 1. The lowest BCUT2D eigenvalue weighted by atomic mass is 9.96. The molecule has 1 saturated carbocycles. The van der Waals surface area contributed by atoms with Crippen molar-refractivity contribution in [3.63, 3.8) is 0 Å². The van der Waals surface area contributed by atoms with Gasteiger partial charge in [0.2, 0.25) is 0 Å². The van der Waals surface area contributed by atoms with Crippen LogP contribution in [0.15, 0.2) is 18.3 Å². The van der Waals surface area contributed by atoms with E-state index in [1.165, 1.54) is 6.42 Å². The van der Waals surface area contributed by atoms with Gasteiger partial charge in [-0.1, -0.05) is 0 Å². The fourth-order valence-electron chi connectivity index (χ4n) is 3.06. The number of aromatic nitrogens is 3. The van der Waals surface area contributed by atoms with Crippen molar-refractivity contribution in [2.45, 2.75) is 44.4 Å². The second kappa shape index (κ2) is 4.98. The second-order valence-corrected chi connectivity index (χ2v) is 5.90. The normalized spacial score (nSPS) is 17.3. The summed E-state index contributed by atoms with van der Waals surface area (Å²) >= 11 is 0. The maximum absolute atomic E-state index is 12.5. The molecule has 0 radical (unpaired) electrons. The van der Waals surface area contributed by atoms with Crippen LogP contribution < -0.4 is 5.32 Å². The Kier molecular flexibility index (Phi) is 2.98. The summed E-state index contributed by atoms with van der Waals surface area (Å²) < 4.78 is 0. The molecule has 2 aromatic rings. The van der Waals surface area contributed by atoms with E-state index in [1.807, 2.05) is 12.1 Å². The molecule has 1 amide bonds. The number of nitrogens with zero attached hydrogens (tertiary/aromatic N) is 2. The van der Waals surface area contributed by atoms with E-state index in [4.69, 9.17) is 0 Å². The minimum Gasteiger partial charge on any atom is -0.319 e. The van der Waals surface area contributed by atoms with Crippen LogP contribution in [0.4, 0.5) is 5.69 Å². The van der Waals surface area contributed by atoms with Crippen LogP contribution in [0.1, 0.15) is 59.0 Å². The standard InChI is InChI=1S/C16H18N4O/c21-16(15-11-4-1-2-5-12(11)19-20-15)18-13-6-3-9-17-14(13)10-7-8-10/h3,6,9-10H,1-2,4-5,7-8H2,(H,18,21)(H,19,20). The van der Waals surface area contributed by atoms with Crippen LogP contribution in [0.3, 0.4) is 0 Å². The highest BCUT2D eigenvalue weighted by molar-refractivity contribution is 6.04.